The van der Waals surface area contributed by atoms with Gasteiger partial charge in [-0.2, -0.15) is 0 Å². The quantitative estimate of drug-likeness (QED) is 0.765. The van der Waals surface area contributed by atoms with Gasteiger partial charge in [-0.3, -0.25) is 0 Å². The summed E-state index contributed by atoms with van der Waals surface area (Å²) in [4.78, 5) is 0. The van der Waals surface area contributed by atoms with Crippen LogP contribution in [0.1, 0.15) is 11.7 Å². The maximum absolute atomic E-state index is 9.39. The fourth-order valence-electron chi connectivity index (χ4n) is 0.821. The van der Waals surface area contributed by atoms with Gasteiger partial charge in [-0.25, -0.2) is 0 Å². The zero-order chi connectivity index (χ0) is 8.27. The summed E-state index contributed by atoms with van der Waals surface area (Å²) >= 11 is 7.21. The first-order chi connectivity index (χ1) is 5.24. The Hall–Kier alpha value is 0.0284. The molecule has 1 aromatic carbocycles. The van der Waals surface area contributed by atoms with E-state index >= 15 is 0 Å². The molecule has 2 atom stereocenters. The normalized spacial score (nSPS) is 13.0. The molecule has 2 unspecified atom stereocenters. The molecule has 0 spiro atoms. The Bertz CT molecular complexity index is 222. The summed E-state index contributed by atoms with van der Waals surface area (Å²) in [5.41, 5.74) is 0.943. The number of halogens is 1. The van der Waals surface area contributed by atoms with E-state index in [0.717, 1.165) is 10.8 Å². The third-order valence-electron chi connectivity index (χ3n) is 1.48. The van der Waals surface area contributed by atoms with Crippen molar-refractivity contribution in [3.8, 4) is 0 Å². The molecule has 0 heterocycles. The third kappa shape index (κ3) is 2.52. The molecule has 0 aliphatic carbocycles. The van der Waals surface area contributed by atoms with E-state index in [9.17, 15) is 5.11 Å². The molecular formula is C8H10AsClO. The van der Waals surface area contributed by atoms with Crippen molar-refractivity contribution in [2.24, 2.45) is 0 Å². The SMILES string of the molecule is OC(C[AsH2])c1ccc(Cl)cc1. The number of rotatable bonds is 2. The summed E-state index contributed by atoms with van der Waals surface area (Å²) in [6, 6.07) is 7.30. The zero-order valence-corrected chi connectivity index (χ0v) is 9.17. The van der Waals surface area contributed by atoms with Crippen molar-refractivity contribution in [2.45, 2.75) is 11.3 Å². The second-order valence-corrected chi connectivity index (χ2v) is 3.73. The number of hydrogen-bond acceptors (Lipinski definition) is 1. The summed E-state index contributed by atoms with van der Waals surface area (Å²) in [6.45, 7) is 0. The van der Waals surface area contributed by atoms with Gasteiger partial charge in [-0.05, 0) is 0 Å². The summed E-state index contributed by atoms with van der Waals surface area (Å²) in [5.74, 6) is 0. The summed E-state index contributed by atoms with van der Waals surface area (Å²) in [6.07, 6.45) is -0.327. The Kier molecular flexibility index (Phi) is 3.44. The second-order valence-electron chi connectivity index (χ2n) is 2.30. The fourth-order valence-corrected chi connectivity index (χ4v) is 1.52. The summed E-state index contributed by atoms with van der Waals surface area (Å²) in [5, 5.41) is 10.9. The summed E-state index contributed by atoms with van der Waals surface area (Å²) in [7, 11) is 0. The number of aliphatic hydroxyl groups is 1. The average Bonchev–Trinajstić information content (AvgIpc) is 2.05. The Morgan fingerprint density at radius 2 is 1.91 bits per heavy atom. The molecular weight excluding hydrogens is 222 g/mol. The summed E-state index contributed by atoms with van der Waals surface area (Å²) < 4.78 is 0. The molecule has 0 aliphatic heterocycles. The van der Waals surface area contributed by atoms with Crippen LogP contribution in [-0.2, 0) is 0 Å². The van der Waals surface area contributed by atoms with Gasteiger partial charge in [0.2, 0.25) is 0 Å². The molecule has 1 aromatic rings. The van der Waals surface area contributed by atoms with Crippen molar-refractivity contribution in [3.05, 3.63) is 34.9 Å². The molecule has 60 valence electrons. The van der Waals surface area contributed by atoms with E-state index < -0.39 is 0 Å². The Morgan fingerprint density at radius 1 is 1.36 bits per heavy atom. The van der Waals surface area contributed by atoms with Crippen LogP contribution in [0, 0.1) is 0 Å². The van der Waals surface area contributed by atoms with Gasteiger partial charge in [0, 0.05) is 0 Å². The molecule has 0 aromatic heterocycles. The van der Waals surface area contributed by atoms with Gasteiger partial charge in [0.05, 0.1) is 0 Å². The molecule has 1 N–H and O–H groups in total. The zero-order valence-electron chi connectivity index (χ0n) is 6.00. The number of benzene rings is 1. The van der Waals surface area contributed by atoms with Crippen molar-refractivity contribution in [1.29, 1.82) is 0 Å². The van der Waals surface area contributed by atoms with E-state index in [1.807, 2.05) is 12.1 Å². The molecule has 11 heavy (non-hydrogen) atoms. The van der Waals surface area contributed by atoms with Gasteiger partial charge < -0.3 is 0 Å². The van der Waals surface area contributed by atoms with Crippen LogP contribution in [0.2, 0.25) is 10.2 Å². The van der Waals surface area contributed by atoms with Crippen LogP contribution < -0.4 is 0 Å². The van der Waals surface area contributed by atoms with Crippen molar-refractivity contribution < 1.29 is 5.11 Å². The molecule has 0 saturated carbocycles. The monoisotopic (exact) mass is 232 g/mol. The van der Waals surface area contributed by atoms with Crippen molar-refractivity contribution >= 4 is 28.5 Å². The topological polar surface area (TPSA) is 20.2 Å². The Morgan fingerprint density at radius 3 is 2.36 bits per heavy atom. The first-order valence-electron chi connectivity index (χ1n) is 3.37. The third-order valence-corrected chi connectivity index (χ3v) is 2.67. The molecule has 0 amide bonds. The van der Waals surface area contributed by atoms with E-state index in [4.69, 9.17) is 11.6 Å². The number of hydrogen-bond donors (Lipinski definition) is 1. The van der Waals surface area contributed by atoms with Gasteiger partial charge in [0.15, 0.2) is 0 Å². The predicted octanol–water partition coefficient (Wildman–Crippen LogP) is 1.42. The van der Waals surface area contributed by atoms with E-state index in [1.165, 1.54) is 16.9 Å². The van der Waals surface area contributed by atoms with Crippen molar-refractivity contribution in [1.82, 2.24) is 0 Å². The molecule has 0 bridgehead atoms. The van der Waals surface area contributed by atoms with Crippen LogP contribution in [0.5, 0.6) is 0 Å². The maximum atomic E-state index is 9.39. The van der Waals surface area contributed by atoms with Gasteiger partial charge in [-0.1, -0.05) is 0 Å². The molecule has 0 saturated heterocycles. The fraction of sp³-hybridized carbons (Fsp3) is 0.250. The van der Waals surface area contributed by atoms with Crippen LogP contribution in [0.15, 0.2) is 24.3 Å². The van der Waals surface area contributed by atoms with Crippen molar-refractivity contribution in [2.75, 3.05) is 0 Å². The standard InChI is InChI=1S/C8H10AsClO/c9-5-8(11)6-1-3-7(10)4-2-6/h1-4,8,11H,5,9H2. The van der Waals surface area contributed by atoms with Crippen LogP contribution in [0.4, 0.5) is 0 Å². The molecule has 1 nitrogen and oxygen atoms in total. The van der Waals surface area contributed by atoms with Gasteiger partial charge in [0.25, 0.3) is 0 Å². The predicted molar refractivity (Wildman–Crippen MR) is 49.8 cm³/mol. The Balaban J connectivity index is 2.81. The van der Waals surface area contributed by atoms with Gasteiger partial charge >= 0.3 is 79.7 Å². The Labute approximate surface area is 79.9 Å². The van der Waals surface area contributed by atoms with Crippen molar-refractivity contribution in [3.63, 3.8) is 0 Å². The van der Waals surface area contributed by atoms with E-state index in [2.05, 4.69) is 0 Å². The van der Waals surface area contributed by atoms with Crippen LogP contribution in [0.3, 0.4) is 0 Å². The molecule has 3 heteroatoms. The van der Waals surface area contributed by atoms with Crippen LogP contribution >= 0.6 is 11.6 Å². The average molecular weight is 233 g/mol. The second kappa shape index (κ2) is 4.15. The molecule has 0 fully saturated rings. The number of aliphatic hydroxyl groups excluding tert-OH is 1. The minimum absolute atomic E-state index is 0.327. The van der Waals surface area contributed by atoms with Crippen LogP contribution in [-0.4, -0.2) is 22.0 Å². The van der Waals surface area contributed by atoms with E-state index in [-0.39, 0.29) is 6.10 Å². The van der Waals surface area contributed by atoms with Crippen LogP contribution in [0.25, 0.3) is 0 Å². The first-order valence-corrected chi connectivity index (χ1v) is 5.46. The minimum atomic E-state index is -0.327. The molecule has 0 aliphatic rings. The first kappa shape index (κ1) is 9.12. The van der Waals surface area contributed by atoms with E-state index in [1.54, 1.807) is 12.1 Å². The van der Waals surface area contributed by atoms with Gasteiger partial charge in [-0.15, -0.1) is 0 Å². The molecule has 1 rings (SSSR count). The van der Waals surface area contributed by atoms with Gasteiger partial charge in [0.1, 0.15) is 0 Å². The molecule has 0 radical (unpaired) electrons. The van der Waals surface area contributed by atoms with E-state index in [0.29, 0.717) is 5.02 Å².